The Labute approximate surface area is 307 Å². The molecule has 0 aromatic heterocycles. The van der Waals surface area contributed by atoms with E-state index < -0.39 is 11.4 Å². The van der Waals surface area contributed by atoms with Crippen molar-refractivity contribution in [2.75, 3.05) is 14.2 Å². The number of carbonyl (C=O) groups is 2. The first-order chi connectivity index (χ1) is 24.4. The van der Waals surface area contributed by atoms with E-state index in [2.05, 4.69) is 33.8 Å². The average molecular weight is 711 g/mol. The molecule has 0 radical (unpaired) electrons. The number of carboxylic acids is 1. The third-order valence-electron chi connectivity index (χ3n) is 14.4. The van der Waals surface area contributed by atoms with Crippen molar-refractivity contribution in [3.8, 4) is 28.7 Å². The van der Waals surface area contributed by atoms with Gasteiger partial charge in [0.25, 0.3) is 0 Å². The number of benzene rings is 3. The zero-order chi connectivity index (χ0) is 38.0. The van der Waals surface area contributed by atoms with Gasteiger partial charge in [-0.25, -0.2) is 0 Å². The van der Waals surface area contributed by atoms with Crippen LogP contribution in [0.4, 0.5) is 0 Å². The minimum Gasteiger partial charge on any atom is -0.507 e. The summed E-state index contributed by atoms with van der Waals surface area (Å²) in [4.78, 5) is 24.6. The third-order valence-corrected chi connectivity index (χ3v) is 14.4. The van der Waals surface area contributed by atoms with Crippen molar-refractivity contribution in [3.63, 3.8) is 0 Å². The highest BCUT2D eigenvalue weighted by Gasteiger charge is 2.67. The summed E-state index contributed by atoms with van der Waals surface area (Å²) in [5.74, 6) is -0.0250. The molecule has 3 fully saturated rings. The van der Waals surface area contributed by atoms with E-state index in [0.717, 1.165) is 62.5 Å². The first-order valence-corrected chi connectivity index (χ1v) is 18.4. The van der Waals surface area contributed by atoms with Crippen LogP contribution in [-0.4, -0.2) is 46.4 Å². The van der Waals surface area contributed by atoms with Gasteiger partial charge in [0.1, 0.15) is 22.8 Å². The van der Waals surface area contributed by atoms with E-state index >= 15 is 0 Å². The maximum atomic E-state index is 12.4. The normalized spacial score (nSPS) is 31.6. The van der Waals surface area contributed by atoms with E-state index in [-0.39, 0.29) is 56.0 Å². The van der Waals surface area contributed by atoms with Crippen molar-refractivity contribution in [1.29, 1.82) is 0 Å². The van der Waals surface area contributed by atoms with Gasteiger partial charge in [0.15, 0.2) is 11.5 Å². The average Bonchev–Trinajstić information content (AvgIpc) is 3.12. The summed E-state index contributed by atoms with van der Waals surface area (Å²) in [6.45, 7) is 13.5. The molecule has 4 aliphatic rings. The van der Waals surface area contributed by atoms with Gasteiger partial charge in [0.05, 0.1) is 19.6 Å². The Morgan fingerprint density at radius 1 is 0.808 bits per heavy atom. The highest BCUT2D eigenvalue weighted by molar-refractivity contribution is 6.12. The zero-order valence-electron chi connectivity index (χ0n) is 31.9. The van der Waals surface area contributed by atoms with Gasteiger partial charge in [-0.1, -0.05) is 69.7 Å². The van der Waals surface area contributed by atoms with Crippen LogP contribution in [0.3, 0.4) is 0 Å². The fourth-order valence-electron chi connectivity index (χ4n) is 10.7. The Kier molecular flexibility index (Phi) is 9.25. The molecule has 0 aliphatic heterocycles. The van der Waals surface area contributed by atoms with Gasteiger partial charge in [0.2, 0.25) is 5.78 Å². The quantitative estimate of drug-likeness (QED) is 0.117. The molecule has 0 bridgehead atoms. The molecule has 6 unspecified atom stereocenters. The van der Waals surface area contributed by atoms with Crippen LogP contribution in [0, 0.1) is 34.5 Å². The molecule has 8 nitrogen and oxygen atoms in total. The smallest absolute Gasteiger partial charge is 0.309 e. The number of hydrogen-bond donors (Lipinski definition) is 4. The van der Waals surface area contributed by atoms with Crippen molar-refractivity contribution >= 4 is 11.8 Å². The largest absolute Gasteiger partial charge is 0.507 e. The molecular weight excluding hydrogens is 656 g/mol. The van der Waals surface area contributed by atoms with E-state index in [1.165, 1.54) is 31.4 Å². The molecule has 4 aliphatic carbocycles. The maximum Gasteiger partial charge on any atom is 0.309 e. The summed E-state index contributed by atoms with van der Waals surface area (Å²) in [5, 5.41) is 40.9. The van der Waals surface area contributed by atoms with Crippen LogP contribution in [0.1, 0.15) is 112 Å². The van der Waals surface area contributed by atoms with Crippen molar-refractivity contribution in [2.45, 2.75) is 98.3 Å². The Bertz CT molecular complexity index is 1950. The molecule has 8 heteroatoms. The number of methoxy groups -OCH3 is 2. The molecule has 3 aromatic carbocycles. The van der Waals surface area contributed by atoms with E-state index in [1.807, 2.05) is 26.0 Å². The van der Waals surface area contributed by atoms with Crippen LogP contribution in [0.5, 0.6) is 28.7 Å². The minimum atomic E-state index is -0.641. The van der Waals surface area contributed by atoms with Gasteiger partial charge in [-0.05, 0) is 110 Å². The topological polar surface area (TPSA) is 134 Å². The van der Waals surface area contributed by atoms with Gasteiger partial charge in [-0.2, -0.15) is 0 Å². The summed E-state index contributed by atoms with van der Waals surface area (Å²) in [7, 11) is 2.92. The number of phenols is 3. The first-order valence-electron chi connectivity index (χ1n) is 18.4. The number of carbonyl (C=O) groups excluding carboxylic acids is 1. The van der Waals surface area contributed by atoms with Crippen molar-refractivity contribution in [1.82, 2.24) is 0 Å². The highest BCUT2D eigenvalue weighted by Crippen LogP contribution is 2.74. The van der Waals surface area contributed by atoms with Crippen molar-refractivity contribution in [2.24, 2.45) is 27.6 Å². The Morgan fingerprint density at radius 2 is 1.48 bits per heavy atom. The number of aromatic hydroxyl groups is 3. The van der Waals surface area contributed by atoms with Crippen LogP contribution >= 0.6 is 0 Å². The molecule has 3 saturated carbocycles. The second-order valence-corrected chi connectivity index (χ2v) is 17.0. The molecule has 0 saturated heterocycles. The molecular formula is C44H54O8. The molecule has 0 spiro atoms. The Balaban J connectivity index is 0.000000208. The molecule has 3 aromatic rings. The third kappa shape index (κ3) is 5.55. The number of fused-ring (bicyclic) bond motifs is 7. The standard InChI is InChI=1S/C29H40O4.C15H14O4/c1-17-18-7-8-21-27(4,19(18)15-20(30)23(17)31)12-14-29(6)22-16-26(3,24(32)33)10-9-25(22,2)11-13-28(21,29)5;1-18-11-8-12(16)14(13(9-11)19-2)15(17)10-6-4-3-5-7-10/h8,15,22,30-31H,7,9-14,16H2,1-6H3,(H,32,33);3-9,16H,1-2H3. The lowest BCUT2D eigenvalue weighted by Crippen LogP contribution is -2.62. The van der Waals surface area contributed by atoms with Crippen LogP contribution < -0.4 is 9.47 Å². The van der Waals surface area contributed by atoms with Crippen LogP contribution in [0.25, 0.3) is 0 Å². The van der Waals surface area contributed by atoms with Crippen molar-refractivity contribution in [3.05, 3.63) is 88.0 Å². The van der Waals surface area contributed by atoms with Gasteiger partial charge in [-0.15, -0.1) is 0 Å². The van der Waals surface area contributed by atoms with Crippen molar-refractivity contribution < 1.29 is 39.5 Å². The minimum absolute atomic E-state index is 0.00431. The number of aliphatic carboxylic acids is 1. The maximum absolute atomic E-state index is 12.4. The Hall–Kier alpha value is -4.46. The molecule has 7 rings (SSSR count). The fourth-order valence-corrected chi connectivity index (χ4v) is 10.7. The van der Waals surface area contributed by atoms with Crippen LogP contribution in [0.2, 0.25) is 0 Å². The lowest BCUT2D eigenvalue weighted by Gasteiger charge is -2.69. The summed E-state index contributed by atoms with van der Waals surface area (Å²) < 4.78 is 10.2. The SMILES string of the molecule is COc1cc(O)c(C(=O)c2ccccc2)c(OC)c1.Cc1c(O)c(O)cc2c1CC=C1C2(C)CCC2(C)C3CC(C)(C(=O)O)CCC3(C)CCC12C. The number of carboxylic acid groups (broad SMARTS) is 1. The number of ether oxygens (including phenoxy) is 2. The summed E-state index contributed by atoms with van der Waals surface area (Å²) in [5.41, 5.74) is 4.63. The second-order valence-electron chi connectivity index (χ2n) is 17.0. The number of phenolic OH excluding ortho intramolecular Hbond substituents is 3. The number of hydrogen-bond acceptors (Lipinski definition) is 7. The van der Waals surface area contributed by atoms with E-state index in [4.69, 9.17) is 9.47 Å². The first kappa shape index (κ1) is 37.3. The predicted molar refractivity (Wildman–Crippen MR) is 201 cm³/mol. The monoisotopic (exact) mass is 710 g/mol. The summed E-state index contributed by atoms with van der Waals surface area (Å²) in [6.07, 6.45) is 10.0. The predicted octanol–water partition coefficient (Wildman–Crippen LogP) is 9.28. The van der Waals surface area contributed by atoms with E-state index in [1.54, 1.807) is 30.3 Å². The zero-order valence-corrected chi connectivity index (χ0v) is 31.9. The Morgan fingerprint density at radius 3 is 2.12 bits per heavy atom. The molecule has 6 atom stereocenters. The van der Waals surface area contributed by atoms with Gasteiger partial charge < -0.3 is 29.9 Å². The second kappa shape index (κ2) is 12.9. The number of rotatable bonds is 5. The summed E-state index contributed by atoms with van der Waals surface area (Å²) >= 11 is 0. The molecule has 0 heterocycles. The number of ketones is 1. The fraction of sp³-hybridized carbons (Fsp3) is 0.500. The van der Waals surface area contributed by atoms with Gasteiger partial charge in [-0.3, -0.25) is 9.59 Å². The van der Waals surface area contributed by atoms with Gasteiger partial charge in [0, 0.05) is 23.1 Å². The highest BCUT2D eigenvalue weighted by atomic mass is 16.5. The lowest BCUT2D eigenvalue weighted by molar-refractivity contribution is -0.177. The molecule has 4 N–H and O–H groups in total. The molecule has 278 valence electrons. The van der Waals surface area contributed by atoms with Crippen LogP contribution in [0.15, 0.2) is 60.2 Å². The summed E-state index contributed by atoms with van der Waals surface area (Å²) in [6, 6.07) is 13.5. The lowest BCUT2D eigenvalue weighted by atomic mass is 9.34. The number of allylic oxidation sites excluding steroid dienone is 2. The van der Waals surface area contributed by atoms with Gasteiger partial charge >= 0.3 is 5.97 Å². The molecule has 0 amide bonds. The van der Waals surface area contributed by atoms with E-state index in [9.17, 15) is 30.0 Å². The molecule has 52 heavy (non-hydrogen) atoms. The van der Waals surface area contributed by atoms with Crippen LogP contribution in [-0.2, 0) is 16.6 Å². The van der Waals surface area contributed by atoms with E-state index in [0.29, 0.717) is 17.2 Å².